The number of rotatable bonds is 12. The minimum atomic E-state index is -1.05. The molecule has 5 rings (SSSR count). The summed E-state index contributed by atoms with van der Waals surface area (Å²) in [5.74, 6) is 0.107. The quantitative estimate of drug-likeness (QED) is 0.299. The number of piperazine rings is 1. The number of hydrogen-bond donors (Lipinski definition) is 3. The number of anilines is 1. The van der Waals surface area contributed by atoms with Crippen LogP contribution in [0.25, 0.3) is 10.9 Å². The van der Waals surface area contributed by atoms with Crippen molar-refractivity contribution in [1.29, 1.82) is 0 Å². The smallest absolute Gasteiger partial charge is 0.261 e. The van der Waals surface area contributed by atoms with Gasteiger partial charge in [0.05, 0.1) is 29.4 Å². The zero-order chi connectivity index (χ0) is 29.4. The van der Waals surface area contributed by atoms with Gasteiger partial charge in [-0.3, -0.25) is 19.1 Å². The van der Waals surface area contributed by atoms with E-state index in [9.17, 15) is 14.7 Å². The number of amides is 1. The third kappa shape index (κ3) is 7.95. The molecule has 1 amide bonds. The SMILES string of the molecule is NCCCN1CCN(CCNc2ccc3c(=O)n(CC4(O)CCN(C(=O)CCc5ccccc5)CC4)cnc3c2)CC1. The highest BCUT2D eigenvalue weighted by molar-refractivity contribution is 5.81. The molecule has 2 aliphatic heterocycles. The van der Waals surface area contributed by atoms with Gasteiger partial charge in [0.2, 0.25) is 5.91 Å². The molecule has 2 fully saturated rings. The maximum Gasteiger partial charge on any atom is 0.261 e. The van der Waals surface area contributed by atoms with Crippen LogP contribution in [0.1, 0.15) is 31.2 Å². The average molecular weight is 576 g/mol. The van der Waals surface area contributed by atoms with Gasteiger partial charge in [-0.1, -0.05) is 30.3 Å². The van der Waals surface area contributed by atoms with Crippen LogP contribution in [0.3, 0.4) is 0 Å². The van der Waals surface area contributed by atoms with Crippen LogP contribution in [0.5, 0.6) is 0 Å². The zero-order valence-electron chi connectivity index (χ0n) is 24.6. The summed E-state index contributed by atoms with van der Waals surface area (Å²) >= 11 is 0. The van der Waals surface area contributed by atoms with Gasteiger partial charge in [0.15, 0.2) is 0 Å². The molecule has 2 saturated heterocycles. The number of nitrogens with zero attached hydrogens (tertiary/aromatic N) is 5. The van der Waals surface area contributed by atoms with Gasteiger partial charge in [0, 0.05) is 64.5 Å². The van der Waals surface area contributed by atoms with Crippen LogP contribution in [-0.2, 0) is 17.8 Å². The van der Waals surface area contributed by atoms with E-state index in [1.54, 1.807) is 0 Å². The van der Waals surface area contributed by atoms with Gasteiger partial charge in [0.1, 0.15) is 0 Å². The Hall–Kier alpha value is -3.31. The molecule has 0 atom stereocenters. The number of benzene rings is 2. The van der Waals surface area contributed by atoms with Crippen molar-refractivity contribution in [2.45, 2.75) is 44.2 Å². The van der Waals surface area contributed by atoms with Crippen molar-refractivity contribution in [1.82, 2.24) is 24.3 Å². The number of likely N-dealkylation sites (tertiary alicyclic amines) is 1. The number of nitrogens with one attached hydrogen (secondary N) is 1. The van der Waals surface area contributed by atoms with E-state index in [0.717, 1.165) is 70.0 Å². The van der Waals surface area contributed by atoms with Crippen molar-refractivity contribution in [3.05, 3.63) is 70.8 Å². The highest BCUT2D eigenvalue weighted by Gasteiger charge is 2.34. The maximum absolute atomic E-state index is 13.3. The topological polar surface area (TPSA) is 120 Å². The Morgan fingerprint density at radius 3 is 2.40 bits per heavy atom. The molecule has 10 heteroatoms. The fourth-order valence-electron chi connectivity index (χ4n) is 5.99. The summed E-state index contributed by atoms with van der Waals surface area (Å²) < 4.78 is 1.51. The maximum atomic E-state index is 13.3. The van der Waals surface area contributed by atoms with Gasteiger partial charge >= 0.3 is 0 Å². The number of hydrogen-bond acceptors (Lipinski definition) is 8. The predicted octanol–water partition coefficient (Wildman–Crippen LogP) is 1.76. The van der Waals surface area contributed by atoms with Crippen LogP contribution in [0.4, 0.5) is 5.69 Å². The molecule has 2 aliphatic rings. The predicted molar refractivity (Wildman–Crippen MR) is 167 cm³/mol. The minimum absolute atomic E-state index is 0.107. The molecular weight excluding hydrogens is 530 g/mol. The molecule has 0 aliphatic carbocycles. The molecule has 10 nitrogen and oxygen atoms in total. The summed E-state index contributed by atoms with van der Waals surface area (Å²) in [5.41, 5.74) is 7.15. The van der Waals surface area contributed by atoms with Crippen molar-refractivity contribution < 1.29 is 9.90 Å². The second-order valence-corrected chi connectivity index (χ2v) is 11.8. The third-order valence-corrected chi connectivity index (χ3v) is 8.71. The number of nitrogens with two attached hydrogens (primary N) is 1. The van der Waals surface area contributed by atoms with Gasteiger partial charge in [-0.2, -0.15) is 0 Å². The molecular formula is C32H45N7O3. The highest BCUT2D eigenvalue weighted by atomic mass is 16.3. The lowest BCUT2D eigenvalue weighted by molar-refractivity contribution is -0.135. The van der Waals surface area contributed by atoms with E-state index in [-0.39, 0.29) is 18.0 Å². The summed E-state index contributed by atoms with van der Waals surface area (Å²) in [4.78, 5) is 37.3. The number of carbonyl (C=O) groups is 1. The molecule has 0 bridgehead atoms. The standard InChI is InChI=1S/C32H45N7O3/c33-13-4-15-36-19-21-37(22-20-36)18-14-34-27-8-9-28-29(23-27)35-25-39(31(28)41)24-32(42)11-16-38(17-12-32)30(40)10-7-26-5-2-1-3-6-26/h1-3,5-6,8-9,23,25,34,42H,4,7,10-22,24,33H2. The van der Waals surface area contributed by atoms with Crippen LogP contribution < -0.4 is 16.6 Å². The molecule has 0 unspecified atom stereocenters. The highest BCUT2D eigenvalue weighted by Crippen LogP contribution is 2.25. The lowest BCUT2D eigenvalue weighted by atomic mass is 9.91. The second kappa shape index (κ2) is 14.2. The first kappa shape index (κ1) is 30.2. The monoisotopic (exact) mass is 575 g/mol. The van der Waals surface area contributed by atoms with Crippen LogP contribution in [0, 0.1) is 0 Å². The van der Waals surface area contributed by atoms with Crippen LogP contribution in [-0.4, -0.2) is 106 Å². The summed E-state index contributed by atoms with van der Waals surface area (Å²) in [6, 6.07) is 15.7. The number of fused-ring (bicyclic) bond motifs is 1. The van der Waals surface area contributed by atoms with Crippen molar-refractivity contribution in [3.63, 3.8) is 0 Å². The van der Waals surface area contributed by atoms with Gasteiger partial charge < -0.3 is 26.0 Å². The van der Waals surface area contributed by atoms with Crippen molar-refractivity contribution in [2.24, 2.45) is 5.73 Å². The van der Waals surface area contributed by atoms with Gasteiger partial charge in [-0.15, -0.1) is 0 Å². The van der Waals surface area contributed by atoms with Crippen molar-refractivity contribution in [3.8, 4) is 0 Å². The largest absolute Gasteiger partial charge is 0.388 e. The second-order valence-electron chi connectivity index (χ2n) is 11.8. The molecule has 0 radical (unpaired) electrons. The minimum Gasteiger partial charge on any atom is -0.388 e. The third-order valence-electron chi connectivity index (χ3n) is 8.71. The van der Waals surface area contributed by atoms with Gasteiger partial charge in [0.25, 0.3) is 5.56 Å². The van der Waals surface area contributed by atoms with Gasteiger partial charge in [-0.05, 0) is 62.5 Å². The van der Waals surface area contributed by atoms with Crippen LogP contribution in [0.2, 0.25) is 0 Å². The fraction of sp³-hybridized carbons (Fsp3) is 0.531. The molecule has 3 heterocycles. The molecule has 42 heavy (non-hydrogen) atoms. The molecule has 0 spiro atoms. The molecule has 4 N–H and O–H groups in total. The van der Waals surface area contributed by atoms with E-state index in [2.05, 4.69) is 20.1 Å². The first-order valence-electron chi connectivity index (χ1n) is 15.3. The molecule has 0 saturated carbocycles. The molecule has 2 aromatic carbocycles. The average Bonchev–Trinajstić information content (AvgIpc) is 3.02. The Bertz CT molecular complexity index is 1360. The van der Waals surface area contributed by atoms with Crippen LogP contribution in [0.15, 0.2) is 59.7 Å². The Morgan fingerprint density at radius 1 is 0.976 bits per heavy atom. The van der Waals surface area contributed by atoms with E-state index in [0.29, 0.717) is 49.7 Å². The zero-order valence-corrected chi connectivity index (χ0v) is 24.6. The van der Waals surface area contributed by atoms with E-state index < -0.39 is 5.60 Å². The number of aromatic nitrogens is 2. The van der Waals surface area contributed by atoms with E-state index in [4.69, 9.17) is 5.73 Å². The first-order chi connectivity index (χ1) is 20.4. The molecule has 226 valence electrons. The first-order valence-corrected chi connectivity index (χ1v) is 15.3. The normalized spacial score (nSPS) is 17.9. The number of aryl methyl sites for hydroxylation is 1. The number of piperidine rings is 1. The summed E-state index contributed by atoms with van der Waals surface area (Å²) in [6.45, 7) is 9.08. The Labute approximate surface area is 248 Å². The van der Waals surface area contributed by atoms with E-state index in [1.807, 2.05) is 53.4 Å². The van der Waals surface area contributed by atoms with Crippen LogP contribution >= 0.6 is 0 Å². The summed E-state index contributed by atoms with van der Waals surface area (Å²) in [6.07, 6.45) is 4.62. The number of carbonyl (C=O) groups excluding carboxylic acids is 1. The van der Waals surface area contributed by atoms with Gasteiger partial charge in [-0.25, -0.2) is 4.98 Å². The Kier molecular flexibility index (Phi) is 10.2. The molecule has 3 aromatic rings. The van der Waals surface area contributed by atoms with E-state index >= 15 is 0 Å². The lowest BCUT2D eigenvalue weighted by Gasteiger charge is -2.38. The Balaban J connectivity index is 1.09. The number of aliphatic hydroxyl groups is 1. The lowest BCUT2D eigenvalue weighted by Crippen LogP contribution is -2.49. The summed E-state index contributed by atoms with van der Waals surface area (Å²) in [5, 5.41) is 15.3. The fourth-order valence-corrected chi connectivity index (χ4v) is 5.99. The molecule has 1 aromatic heterocycles. The van der Waals surface area contributed by atoms with Crippen molar-refractivity contribution >= 4 is 22.5 Å². The van der Waals surface area contributed by atoms with E-state index in [1.165, 1.54) is 10.9 Å². The Morgan fingerprint density at radius 2 is 1.69 bits per heavy atom. The summed E-state index contributed by atoms with van der Waals surface area (Å²) in [7, 11) is 0. The van der Waals surface area contributed by atoms with Crippen molar-refractivity contribution in [2.75, 3.05) is 70.8 Å².